The molecule has 21 heavy (non-hydrogen) atoms. The molecule has 0 aliphatic heterocycles. The van der Waals surface area contributed by atoms with Crippen LogP contribution in [-0.4, -0.2) is 10.5 Å². The molecule has 1 aliphatic rings. The number of carbonyl (C=O) groups excluding carboxylic acids is 1. The van der Waals surface area contributed by atoms with Crippen molar-refractivity contribution in [3.63, 3.8) is 0 Å². The number of nitrogens with one attached hydrogen (secondary N) is 1. The predicted molar refractivity (Wildman–Crippen MR) is 89.6 cm³/mol. The fourth-order valence-corrected chi connectivity index (χ4v) is 3.08. The number of hydrogen-bond donors (Lipinski definition) is 1. The van der Waals surface area contributed by atoms with Crippen LogP contribution in [0.2, 0.25) is 10.0 Å². The number of aromatic nitrogens is 1. The smallest absolute Gasteiger partial charge is 0.272 e. The van der Waals surface area contributed by atoms with Crippen LogP contribution in [0, 0.1) is 6.92 Å². The zero-order chi connectivity index (χ0) is 15.1. The summed E-state index contributed by atoms with van der Waals surface area (Å²) in [6.45, 7) is 1.87. The summed E-state index contributed by atoms with van der Waals surface area (Å²) in [4.78, 5) is 12.5. The van der Waals surface area contributed by atoms with E-state index in [-0.39, 0.29) is 5.91 Å². The van der Waals surface area contributed by atoms with Gasteiger partial charge in [-0.1, -0.05) is 23.2 Å². The molecular formula is C15H13BrCl2N2O. The molecule has 110 valence electrons. The minimum absolute atomic E-state index is 0.186. The van der Waals surface area contributed by atoms with Crippen molar-refractivity contribution < 1.29 is 4.79 Å². The Morgan fingerprint density at radius 1 is 1.29 bits per heavy atom. The molecule has 1 aromatic heterocycles. The largest absolute Gasteiger partial charge is 0.339 e. The molecule has 0 spiro atoms. The number of rotatable bonds is 3. The lowest BCUT2D eigenvalue weighted by atomic mass is 10.2. The molecule has 1 amide bonds. The highest BCUT2D eigenvalue weighted by Crippen LogP contribution is 2.38. The van der Waals surface area contributed by atoms with Gasteiger partial charge in [0.05, 0.1) is 10.7 Å². The monoisotopic (exact) mass is 386 g/mol. The third kappa shape index (κ3) is 3.12. The molecule has 0 atom stereocenters. The van der Waals surface area contributed by atoms with Crippen LogP contribution in [0.1, 0.15) is 34.9 Å². The van der Waals surface area contributed by atoms with Crippen molar-refractivity contribution in [2.45, 2.75) is 25.8 Å². The average Bonchev–Trinajstić information content (AvgIpc) is 3.18. The van der Waals surface area contributed by atoms with Crippen LogP contribution in [0.25, 0.3) is 0 Å². The molecular weight excluding hydrogens is 375 g/mol. The lowest BCUT2D eigenvalue weighted by Gasteiger charge is -2.11. The summed E-state index contributed by atoms with van der Waals surface area (Å²) in [5.74, 6) is -0.186. The molecule has 6 heteroatoms. The van der Waals surface area contributed by atoms with E-state index in [2.05, 4.69) is 21.2 Å². The number of benzene rings is 1. The molecule has 0 saturated heterocycles. The molecule has 0 bridgehead atoms. The fraction of sp³-hybridized carbons (Fsp3) is 0.267. The summed E-state index contributed by atoms with van der Waals surface area (Å²) in [5.41, 5.74) is 2.03. The molecule has 1 saturated carbocycles. The van der Waals surface area contributed by atoms with E-state index in [1.54, 1.807) is 12.1 Å². The SMILES string of the molecule is Cc1cc(Cl)c(NC(=O)c2cc(Br)cn2C2CC2)cc1Cl. The number of halogens is 3. The van der Waals surface area contributed by atoms with Gasteiger partial charge in [0.15, 0.2) is 0 Å². The van der Waals surface area contributed by atoms with Gasteiger partial charge in [0.1, 0.15) is 5.69 Å². The third-order valence-corrected chi connectivity index (χ3v) is 4.64. The summed E-state index contributed by atoms with van der Waals surface area (Å²) < 4.78 is 2.90. The second-order valence-corrected chi connectivity index (χ2v) is 6.95. The van der Waals surface area contributed by atoms with E-state index in [1.165, 1.54) is 0 Å². The molecule has 1 aliphatic carbocycles. The summed E-state index contributed by atoms with van der Waals surface area (Å²) in [6.07, 6.45) is 4.16. The van der Waals surface area contributed by atoms with Crippen LogP contribution >= 0.6 is 39.1 Å². The van der Waals surface area contributed by atoms with E-state index >= 15 is 0 Å². The number of aryl methyl sites for hydroxylation is 1. The van der Waals surface area contributed by atoms with E-state index in [4.69, 9.17) is 23.2 Å². The van der Waals surface area contributed by atoms with Gasteiger partial charge in [-0.25, -0.2) is 0 Å². The zero-order valence-electron chi connectivity index (χ0n) is 11.3. The number of carbonyl (C=O) groups is 1. The molecule has 0 unspecified atom stereocenters. The molecule has 1 aromatic carbocycles. The van der Waals surface area contributed by atoms with Gasteiger partial charge in [-0.15, -0.1) is 0 Å². The Bertz CT molecular complexity index is 723. The lowest BCUT2D eigenvalue weighted by molar-refractivity contribution is 0.101. The van der Waals surface area contributed by atoms with E-state index < -0.39 is 0 Å². The molecule has 1 heterocycles. The van der Waals surface area contributed by atoms with Crippen molar-refractivity contribution in [3.05, 3.63) is 50.2 Å². The van der Waals surface area contributed by atoms with E-state index in [0.717, 1.165) is 22.9 Å². The summed E-state index contributed by atoms with van der Waals surface area (Å²) in [7, 11) is 0. The molecule has 1 N–H and O–H groups in total. The van der Waals surface area contributed by atoms with Crippen LogP contribution < -0.4 is 5.32 Å². The van der Waals surface area contributed by atoms with Crippen molar-refractivity contribution in [3.8, 4) is 0 Å². The average molecular weight is 388 g/mol. The third-order valence-electron chi connectivity index (χ3n) is 3.48. The van der Waals surface area contributed by atoms with Gasteiger partial charge in [-0.2, -0.15) is 0 Å². The normalized spacial score (nSPS) is 14.3. The van der Waals surface area contributed by atoms with Gasteiger partial charge in [-0.05, 0) is 59.5 Å². The Balaban J connectivity index is 1.88. The first-order chi connectivity index (χ1) is 9.95. The minimum Gasteiger partial charge on any atom is -0.339 e. The molecule has 3 nitrogen and oxygen atoms in total. The topological polar surface area (TPSA) is 34.0 Å². The first-order valence-corrected chi connectivity index (χ1v) is 8.15. The quantitative estimate of drug-likeness (QED) is 0.745. The number of hydrogen-bond acceptors (Lipinski definition) is 1. The maximum atomic E-state index is 12.5. The number of anilines is 1. The van der Waals surface area contributed by atoms with E-state index in [0.29, 0.717) is 27.5 Å². The molecule has 3 rings (SSSR count). The van der Waals surface area contributed by atoms with Gasteiger partial charge in [0.2, 0.25) is 0 Å². The van der Waals surface area contributed by atoms with Crippen molar-refractivity contribution in [2.75, 3.05) is 5.32 Å². The second kappa shape index (κ2) is 5.67. The Hall–Kier alpha value is -0.970. The van der Waals surface area contributed by atoms with Gasteiger partial charge >= 0.3 is 0 Å². The van der Waals surface area contributed by atoms with E-state index in [9.17, 15) is 4.79 Å². The number of nitrogens with zero attached hydrogens (tertiary/aromatic N) is 1. The Morgan fingerprint density at radius 3 is 2.67 bits per heavy atom. The maximum absolute atomic E-state index is 12.5. The van der Waals surface area contributed by atoms with Crippen molar-refractivity contribution in [1.29, 1.82) is 0 Å². The van der Waals surface area contributed by atoms with E-state index in [1.807, 2.05) is 23.8 Å². The summed E-state index contributed by atoms with van der Waals surface area (Å²) in [6, 6.07) is 5.66. The Kier molecular flexibility index (Phi) is 4.04. The van der Waals surface area contributed by atoms with Crippen LogP contribution in [0.15, 0.2) is 28.9 Å². The van der Waals surface area contributed by atoms with Crippen LogP contribution in [0.5, 0.6) is 0 Å². The highest BCUT2D eigenvalue weighted by Gasteiger charge is 2.28. The van der Waals surface area contributed by atoms with Gasteiger partial charge in [0, 0.05) is 21.7 Å². The predicted octanol–water partition coefficient (Wildman–Crippen LogP) is 5.45. The minimum atomic E-state index is -0.186. The summed E-state index contributed by atoms with van der Waals surface area (Å²) >= 11 is 15.7. The highest BCUT2D eigenvalue weighted by molar-refractivity contribution is 9.10. The van der Waals surface area contributed by atoms with Crippen LogP contribution in [0.3, 0.4) is 0 Å². The zero-order valence-corrected chi connectivity index (χ0v) is 14.4. The van der Waals surface area contributed by atoms with Crippen molar-refractivity contribution in [2.24, 2.45) is 0 Å². The molecule has 1 fully saturated rings. The second-order valence-electron chi connectivity index (χ2n) is 5.22. The standard InChI is InChI=1S/C15H13BrCl2N2O/c1-8-4-12(18)13(6-11(8)17)19-15(21)14-5-9(16)7-20(14)10-2-3-10/h4-7,10H,2-3H2,1H3,(H,19,21). The summed E-state index contributed by atoms with van der Waals surface area (Å²) in [5, 5.41) is 3.89. The van der Waals surface area contributed by atoms with Gasteiger partial charge in [-0.3, -0.25) is 4.79 Å². The first kappa shape index (κ1) is 14.9. The first-order valence-electron chi connectivity index (χ1n) is 6.60. The maximum Gasteiger partial charge on any atom is 0.272 e. The van der Waals surface area contributed by atoms with Crippen molar-refractivity contribution >= 4 is 50.7 Å². The van der Waals surface area contributed by atoms with Crippen LogP contribution in [0.4, 0.5) is 5.69 Å². The van der Waals surface area contributed by atoms with Gasteiger partial charge < -0.3 is 9.88 Å². The van der Waals surface area contributed by atoms with Gasteiger partial charge in [0.25, 0.3) is 5.91 Å². The Labute approximate surface area is 141 Å². The lowest BCUT2D eigenvalue weighted by Crippen LogP contribution is -2.16. The Morgan fingerprint density at radius 2 is 2.00 bits per heavy atom. The molecule has 2 aromatic rings. The van der Waals surface area contributed by atoms with Crippen LogP contribution in [-0.2, 0) is 0 Å². The highest BCUT2D eigenvalue weighted by atomic mass is 79.9. The molecule has 0 radical (unpaired) electrons. The fourth-order valence-electron chi connectivity index (χ4n) is 2.21. The van der Waals surface area contributed by atoms with Crippen molar-refractivity contribution in [1.82, 2.24) is 4.57 Å². The number of amides is 1.